The average molecular weight is 1400 g/mol. The summed E-state index contributed by atoms with van der Waals surface area (Å²) < 4.78 is 68.5. The number of aliphatic hydroxyl groups is 1. The van der Waals surface area contributed by atoms with Crippen LogP contribution in [0.4, 0.5) is 0 Å². The van der Waals surface area contributed by atoms with E-state index in [0.717, 1.165) is 120 Å². The van der Waals surface area contributed by atoms with Gasteiger partial charge in [0.15, 0.2) is 12.2 Å². The fourth-order valence-electron chi connectivity index (χ4n) is 11.5. The summed E-state index contributed by atoms with van der Waals surface area (Å²) in [5.74, 6) is 0.939. The zero-order valence-electron chi connectivity index (χ0n) is 62.3. The Balaban J connectivity index is 5.25. The van der Waals surface area contributed by atoms with Crippen LogP contribution >= 0.6 is 15.6 Å². The van der Waals surface area contributed by atoms with Crippen molar-refractivity contribution < 1.29 is 80.2 Å². The highest BCUT2D eigenvalue weighted by Gasteiger charge is 2.30. The van der Waals surface area contributed by atoms with Gasteiger partial charge in [-0.1, -0.05) is 331 Å². The van der Waals surface area contributed by atoms with Gasteiger partial charge in [0.2, 0.25) is 0 Å². The summed E-state index contributed by atoms with van der Waals surface area (Å²) in [7, 11) is -9.91. The molecule has 0 spiro atoms. The molecule has 3 unspecified atom stereocenters. The molecular weight excluding hydrogens is 1250 g/mol. The lowest BCUT2D eigenvalue weighted by Crippen LogP contribution is -2.30. The molecule has 0 aromatic rings. The van der Waals surface area contributed by atoms with Crippen molar-refractivity contribution in [3.63, 3.8) is 0 Å². The fourth-order valence-corrected chi connectivity index (χ4v) is 13.1. The minimum Gasteiger partial charge on any atom is -0.462 e. The third kappa shape index (κ3) is 69.0. The van der Waals surface area contributed by atoms with Crippen LogP contribution in [0.1, 0.15) is 383 Å². The number of carbonyl (C=O) groups is 4. The van der Waals surface area contributed by atoms with Gasteiger partial charge >= 0.3 is 39.5 Å². The van der Waals surface area contributed by atoms with Crippen LogP contribution in [0.25, 0.3) is 0 Å². The van der Waals surface area contributed by atoms with Crippen LogP contribution in [0, 0.1) is 23.7 Å². The van der Waals surface area contributed by atoms with Crippen molar-refractivity contribution in [1.29, 1.82) is 0 Å². The van der Waals surface area contributed by atoms with Crippen LogP contribution in [0.15, 0.2) is 0 Å². The molecule has 0 saturated heterocycles. The number of hydrogen-bond donors (Lipinski definition) is 3. The summed E-state index contributed by atoms with van der Waals surface area (Å²) in [6.45, 7) is 14.2. The van der Waals surface area contributed by atoms with Crippen LogP contribution in [0.5, 0.6) is 0 Å². The average Bonchev–Trinajstić information content (AvgIpc) is 1.34. The van der Waals surface area contributed by atoms with Crippen molar-refractivity contribution in [2.75, 3.05) is 39.6 Å². The van der Waals surface area contributed by atoms with E-state index in [4.69, 9.17) is 37.0 Å². The number of hydrogen-bond acceptors (Lipinski definition) is 15. The normalized spacial score (nSPS) is 14.4. The number of phosphoric acid groups is 2. The van der Waals surface area contributed by atoms with E-state index in [-0.39, 0.29) is 25.7 Å². The van der Waals surface area contributed by atoms with Gasteiger partial charge < -0.3 is 33.8 Å². The summed E-state index contributed by atoms with van der Waals surface area (Å²) >= 11 is 0. The molecule has 0 aromatic heterocycles. The molecule has 0 heterocycles. The van der Waals surface area contributed by atoms with Gasteiger partial charge in [-0.05, 0) is 49.4 Å². The van der Waals surface area contributed by atoms with E-state index in [2.05, 4.69) is 55.4 Å². The van der Waals surface area contributed by atoms with Crippen LogP contribution in [0.3, 0.4) is 0 Å². The third-order valence-corrected chi connectivity index (χ3v) is 19.8. The number of unbranched alkanes of at least 4 members (excludes halogenated alkanes) is 38. The summed E-state index contributed by atoms with van der Waals surface area (Å²) in [6, 6.07) is 0. The Morgan fingerprint density at radius 2 is 0.505 bits per heavy atom. The number of esters is 4. The first kappa shape index (κ1) is 93.1. The van der Waals surface area contributed by atoms with Gasteiger partial charge in [0.1, 0.15) is 19.3 Å². The van der Waals surface area contributed by atoms with Crippen LogP contribution < -0.4 is 0 Å². The smallest absolute Gasteiger partial charge is 0.462 e. The maximum atomic E-state index is 13.1. The molecule has 0 aliphatic heterocycles. The Morgan fingerprint density at radius 1 is 0.295 bits per heavy atom. The number of phosphoric ester groups is 2. The van der Waals surface area contributed by atoms with Crippen molar-refractivity contribution in [2.45, 2.75) is 401 Å². The third-order valence-electron chi connectivity index (χ3n) is 17.9. The van der Waals surface area contributed by atoms with E-state index in [0.29, 0.717) is 25.7 Å². The Kier molecular flexibility index (Phi) is 64.0. The zero-order chi connectivity index (χ0) is 70.3. The molecule has 0 radical (unpaired) electrons. The van der Waals surface area contributed by atoms with Crippen molar-refractivity contribution in [1.82, 2.24) is 0 Å². The van der Waals surface area contributed by atoms with Crippen LogP contribution in [0.2, 0.25) is 0 Å². The summed E-state index contributed by atoms with van der Waals surface area (Å²) in [5.41, 5.74) is 0. The first-order valence-corrected chi connectivity index (χ1v) is 42.2. The molecule has 17 nitrogen and oxygen atoms in total. The Hall–Kier alpha value is -1.94. The van der Waals surface area contributed by atoms with E-state index in [1.807, 2.05) is 0 Å². The number of carbonyl (C=O) groups excluding carboxylic acids is 4. The highest BCUT2D eigenvalue weighted by atomic mass is 31.2. The Bertz CT molecular complexity index is 1870. The molecule has 0 bridgehead atoms. The first-order chi connectivity index (χ1) is 45.6. The molecule has 0 aliphatic carbocycles. The Labute approximate surface area is 581 Å². The second-order valence-electron chi connectivity index (χ2n) is 29.1. The number of rotatable bonds is 73. The second kappa shape index (κ2) is 65.4. The summed E-state index contributed by atoms with van der Waals surface area (Å²) in [5, 5.41) is 10.6. The van der Waals surface area contributed by atoms with E-state index >= 15 is 0 Å². The van der Waals surface area contributed by atoms with Gasteiger partial charge in [-0.25, -0.2) is 9.13 Å². The molecule has 19 heteroatoms. The van der Waals surface area contributed by atoms with E-state index in [1.165, 1.54) is 180 Å². The number of ether oxygens (including phenoxy) is 4. The van der Waals surface area contributed by atoms with E-state index in [1.54, 1.807) is 0 Å². The minimum atomic E-state index is -4.96. The molecular formula is C76H148O17P2. The lowest BCUT2D eigenvalue weighted by Gasteiger charge is -2.21. The summed E-state index contributed by atoms with van der Waals surface area (Å²) in [6.07, 6.45) is 49.9. The van der Waals surface area contributed by atoms with Gasteiger partial charge in [-0.3, -0.25) is 37.3 Å². The van der Waals surface area contributed by atoms with Gasteiger partial charge in [0.05, 0.1) is 26.4 Å². The maximum absolute atomic E-state index is 13.1. The fraction of sp³-hybridized carbons (Fsp3) is 0.947. The van der Waals surface area contributed by atoms with Gasteiger partial charge in [0, 0.05) is 25.7 Å². The zero-order valence-corrected chi connectivity index (χ0v) is 64.1. The van der Waals surface area contributed by atoms with Crippen molar-refractivity contribution >= 4 is 39.5 Å². The quantitative estimate of drug-likeness (QED) is 0.0222. The first-order valence-electron chi connectivity index (χ1n) is 39.2. The SMILES string of the molecule is CCC(C)CCCCCCCCC(=O)OC[C@H](COP(=O)(O)OC[C@H](O)COP(=O)(O)OC[C@@H](COC(=O)CCCCCCCCCCCCCCCC(C)C)OC(=O)CCCCCCCCCCCCC(C)C)OC(=O)CCCCCCCCCCCCCCCC(C)C. The summed E-state index contributed by atoms with van der Waals surface area (Å²) in [4.78, 5) is 72.8. The van der Waals surface area contributed by atoms with Crippen LogP contribution in [-0.4, -0.2) is 96.7 Å². The van der Waals surface area contributed by atoms with E-state index in [9.17, 15) is 43.2 Å². The molecule has 564 valence electrons. The molecule has 0 amide bonds. The highest BCUT2D eigenvalue weighted by Crippen LogP contribution is 2.45. The predicted octanol–water partition coefficient (Wildman–Crippen LogP) is 22.0. The molecule has 6 atom stereocenters. The van der Waals surface area contributed by atoms with E-state index < -0.39 is 97.5 Å². The molecule has 0 rings (SSSR count). The number of aliphatic hydroxyl groups excluding tert-OH is 1. The molecule has 0 aromatic carbocycles. The molecule has 0 saturated carbocycles. The Morgan fingerprint density at radius 3 is 0.747 bits per heavy atom. The predicted molar refractivity (Wildman–Crippen MR) is 386 cm³/mol. The van der Waals surface area contributed by atoms with Crippen molar-refractivity contribution in [3.8, 4) is 0 Å². The van der Waals surface area contributed by atoms with Crippen LogP contribution in [-0.2, 0) is 65.4 Å². The van der Waals surface area contributed by atoms with Gasteiger partial charge in [0.25, 0.3) is 0 Å². The molecule has 0 aliphatic rings. The molecule has 95 heavy (non-hydrogen) atoms. The lowest BCUT2D eigenvalue weighted by molar-refractivity contribution is -0.161. The van der Waals surface area contributed by atoms with Gasteiger partial charge in [-0.2, -0.15) is 0 Å². The van der Waals surface area contributed by atoms with Crippen molar-refractivity contribution in [2.24, 2.45) is 23.7 Å². The largest absolute Gasteiger partial charge is 0.472 e. The molecule has 0 fully saturated rings. The monoisotopic (exact) mass is 1400 g/mol. The molecule has 3 N–H and O–H groups in total. The minimum absolute atomic E-state index is 0.106. The highest BCUT2D eigenvalue weighted by molar-refractivity contribution is 7.47. The maximum Gasteiger partial charge on any atom is 0.472 e. The standard InChI is InChI=1S/C76H148O17P2/c1-9-69(8)55-47-39-34-35-41-49-57-74(79)87-63-72(93-75(80)58-50-42-32-26-19-15-11-13-17-23-29-37-45-53-67(4)5)65-91-95(84,85)89-61-70(77)60-88-94(82,83)90-64-71(92-76(81)59-51-43-33-27-21-20-24-30-38-46-54-68(6)7)62-86-73(78)56-48-40-31-25-18-14-10-12-16-22-28-36-44-52-66(2)3/h66-72,77H,9-65H2,1-8H3,(H,82,83)(H,84,85)/t69?,70-,71-,72-/m1/s1. The van der Waals surface area contributed by atoms with Gasteiger partial charge in [-0.15, -0.1) is 0 Å². The lowest BCUT2D eigenvalue weighted by atomic mass is 10.00. The van der Waals surface area contributed by atoms with Crippen molar-refractivity contribution in [3.05, 3.63) is 0 Å². The second-order valence-corrected chi connectivity index (χ2v) is 32.0. The topological polar surface area (TPSA) is 237 Å².